The molecule has 0 aliphatic heterocycles. The molecule has 16 heavy (non-hydrogen) atoms. The highest BCUT2D eigenvalue weighted by atomic mass is 79.9. The van der Waals surface area contributed by atoms with Crippen molar-refractivity contribution < 1.29 is 4.39 Å². The molecular weight excluding hydrogens is 335 g/mol. The molecular formula is C13H17Br2F. The minimum absolute atomic E-state index is 0.149. The lowest BCUT2D eigenvalue weighted by Crippen LogP contribution is -2.28. The average Bonchev–Trinajstić information content (AvgIpc) is 2.24. The van der Waals surface area contributed by atoms with Gasteiger partial charge in [0.15, 0.2) is 0 Å². The molecule has 3 heteroatoms. The normalized spacial score (nSPS) is 15.2. The molecule has 0 bridgehead atoms. The van der Waals surface area contributed by atoms with Gasteiger partial charge in [-0.05, 0) is 45.3 Å². The molecule has 0 fully saturated rings. The third kappa shape index (κ3) is 3.07. The highest BCUT2D eigenvalue weighted by Gasteiger charge is 2.28. The summed E-state index contributed by atoms with van der Waals surface area (Å²) in [6.07, 6.45) is 0.869. The predicted molar refractivity (Wildman–Crippen MR) is 74.5 cm³/mol. The largest absolute Gasteiger partial charge is 0.206 e. The van der Waals surface area contributed by atoms with Crippen molar-refractivity contribution in [1.29, 1.82) is 0 Å². The van der Waals surface area contributed by atoms with Gasteiger partial charge in [0.1, 0.15) is 5.82 Å². The Kier molecular flexibility index (Phi) is 4.99. The van der Waals surface area contributed by atoms with Crippen molar-refractivity contribution in [1.82, 2.24) is 0 Å². The van der Waals surface area contributed by atoms with E-state index in [9.17, 15) is 4.39 Å². The first kappa shape index (κ1) is 14.2. The molecule has 1 atom stereocenters. The van der Waals surface area contributed by atoms with Crippen molar-refractivity contribution in [3.05, 3.63) is 34.1 Å². The van der Waals surface area contributed by atoms with E-state index < -0.39 is 0 Å². The van der Waals surface area contributed by atoms with Crippen molar-refractivity contribution in [3.63, 3.8) is 0 Å². The van der Waals surface area contributed by atoms with E-state index in [1.54, 1.807) is 6.07 Å². The van der Waals surface area contributed by atoms with Crippen LogP contribution in [0.25, 0.3) is 0 Å². The summed E-state index contributed by atoms with van der Waals surface area (Å²) in [4.78, 5) is 0. The Morgan fingerprint density at radius 2 is 2.00 bits per heavy atom. The van der Waals surface area contributed by atoms with E-state index in [2.05, 4.69) is 52.6 Å². The Morgan fingerprint density at radius 3 is 2.50 bits per heavy atom. The Morgan fingerprint density at radius 1 is 1.38 bits per heavy atom. The van der Waals surface area contributed by atoms with E-state index in [4.69, 9.17) is 0 Å². The van der Waals surface area contributed by atoms with E-state index in [0.29, 0.717) is 10.4 Å². The van der Waals surface area contributed by atoms with Crippen LogP contribution in [-0.2, 0) is 6.42 Å². The molecule has 1 rings (SSSR count). The van der Waals surface area contributed by atoms with E-state index >= 15 is 0 Å². The van der Waals surface area contributed by atoms with Gasteiger partial charge in [-0.25, -0.2) is 4.39 Å². The van der Waals surface area contributed by atoms with Gasteiger partial charge >= 0.3 is 0 Å². The number of hydrogen-bond donors (Lipinski definition) is 0. The Labute approximate surface area is 114 Å². The molecule has 0 nitrogen and oxygen atoms in total. The topological polar surface area (TPSA) is 0 Å². The van der Waals surface area contributed by atoms with Crippen LogP contribution in [0.1, 0.15) is 26.3 Å². The molecule has 0 radical (unpaired) electrons. The van der Waals surface area contributed by atoms with Gasteiger partial charge < -0.3 is 0 Å². The number of alkyl halides is 1. The number of rotatable bonds is 4. The number of halogens is 3. The van der Waals surface area contributed by atoms with E-state index in [1.807, 2.05) is 6.07 Å². The molecule has 1 aromatic carbocycles. The molecule has 1 unspecified atom stereocenters. The molecule has 90 valence electrons. The molecule has 0 N–H and O–H groups in total. The van der Waals surface area contributed by atoms with Gasteiger partial charge in [-0.15, -0.1) is 0 Å². The second-order valence-corrected chi connectivity index (χ2v) is 6.19. The number of benzene rings is 1. The smallest absolute Gasteiger partial charge is 0.137 e. The fraction of sp³-hybridized carbons (Fsp3) is 0.538. The third-order valence-electron chi connectivity index (χ3n) is 3.32. The molecule has 0 amide bonds. The Balaban J connectivity index is 2.99. The molecule has 1 aromatic rings. The van der Waals surface area contributed by atoms with Crippen molar-refractivity contribution in [2.75, 3.05) is 5.33 Å². The number of hydrogen-bond acceptors (Lipinski definition) is 0. The van der Waals surface area contributed by atoms with Crippen LogP contribution in [-0.4, -0.2) is 5.33 Å². The van der Waals surface area contributed by atoms with Crippen LogP contribution in [0.3, 0.4) is 0 Å². The van der Waals surface area contributed by atoms with Crippen LogP contribution in [0.4, 0.5) is 4.39 Å². The molecule has 0 saturated heterocycles. The SMILES string of the molecule is CC(C)C(C)(CBr)Cc1cccc(F)c1Br. The molecule has 0 aromatic heterocycles. The zero-order chi connectivity index (χ0) is 12.3. The summed E-state index contributed by atoms with van der Waals surface area (Å²) in [6.45, 7) is 6.63. The van der Waals surface area contributed by atoms with Gasteiger partial charge in [0.2, 0.25) is 0 Å². The maximum atomic E-state index is 13.4. The summed E-state index contributed by atoms with van der Waals surface area (Å²) < 4.78 is 14.0. The summed E-state index contributed by atoms with van der Waals surface area (Å²) in [6, 6.07) is 5.23. The zero-order valence-electron chi connectivity index (χ0n) is 9.86. The van der Waals surface area contributed by atoms with E-state index in [1.165, 1.54) is 6.07 Å². The summed E-state index contributed by atoms with van der Waals surface area (Å²) in [5.41, 5.74) is 1.19. The fourth-order valence-corrected chi connectivity index (χ4v) is 2.78. The predicted octanol–water partition coefficient (Wildman–Crippen LogP) is 5.19. The minimum Gasteiger partial charge on any atom is -0.206 e. The van der Waals surface area contributed by atoms with Crippen molar-refractivity contribution in [2.45, 2.75) is 27.2 Å². The molecule has 0 saturated carbocycles. The highest BCUT2D eigenvalue weighted by Crippen LogP contribution is 2.35. The molecule has 0 aliphatic rings. The van der Waals surface area contributed by atoms with Crippen LogP contribution >= 0.6 is 31.9 Å². The second kappa shape index (κ2) is 5.63. The van der Waals surface area contributed by atoms with Crippen LogP contribution in [0, 0.1) is 17.2 Å². The maximum Gasteiger partial charge on any atom is 0.137 e. The molecule has 0 heterocycles. The fourth-order valence-electron chi connectivity index (χ4n) is 1.53. The standard InChI is InChI=1S/C13H17Br2F/c1-9(2)13(3,8-14)7-10-5-4-6-11(16)12(10)15/h4-6,9H,7-8H2,1-3H3. The summed E-state index contributed by atoms with van der Waals surface area (Å²) >= 11 is 6.88. The van der Waals surface area contributed by atoms with E-state index in [-0.39, 0.29) is 11.2 Å². The van der Waals surface area contributed by atoms with Crippen molar-refractivity contribution >= 4 is 31.9 Å². The van der Waals surface area contributed by atoms with Gasteiger partial charge in [-0.2, -0.15) is 0 Å². The molecule has 0 aliphatic carbocycles. The minimum atomic E-state index is -0.182. The second-order valence-electron chi connectivity index (χ2n) is 4.83. The van der Waals surface area contributed by atoms with E-state index in [0.717, 1.165) is 17.3 Å². The van der Waals surface area contributed by atoms with Crippen molar-refractivity contribution in [2.24, 2.45) is 11.3 Å². The van der Waals surface area contributed by atoms with Gasteiger partial charge in [-0.3, -0.25) is 0 Å². The van der Waals surface area contributed by atoms with Gasteiger partial charge in [-0.1, -0.05) is 48.8 Å². The van der Waals surface area contributed by atoms with Gasteiger partial charge in [0, 0.05) is 5.33 Å². The Hall–Kier alpha value is 0.110. The van der Waals surface area contributed by atoms with Crippen molar-refractivity contribution in [3.8, 4) is 0 Å². The summed E-state index contributed by atoms with van der Waals surface area (Å²) in [5.74, 6) is 0.361. The first-order valence-corrected chi connectivity index (χ1v) is 7.31. The molecule has 0 spiro atoms. The van der Waals surface area contributed by atoms with Crippen LogP contribution in [0.15, 0.2) is 22.7 Å². The Bertz CT molecular complexity index is 363. The summed E-state index contributed by atoms with van der Waals surface area (Å²) in [5, 5.41) is 0.917. The van der Waals surface area contributed by atoms with Crippen LogP contribution < -0.4 is 0 Å². The summed E-state index contributed by atoms with van der Waals surface area (Å²) in [7, 11) is 0. The van der Waals surface area contributed by atoms with Crippen LogP contribution in [0.5, 0.6) is 0 Å². The van der Waals surface area contributed by atoms with Gasteiger partial charge in [0.25, 0.3) is 0 Å². The van der Waals surface area contributed by atoms with Crippen LogP contribution in [0.2, 0.25) is 0 Å². The average molecular weight is 352 g/mol. The quantitative estimate of drug-likeness (QED) is 0.655. The van der Waals surface area contributed by atoms with Gasteiger partial charge in [0.05, 0.1) is 4.47 Å². The first-order chi connectivity index (χ1) is 7.40. The third-order valence-corrected chi connectivity index (χ3v) is 5.49. The lowest BCUT2D eigenvalue weighted by Gasteiger charge is -2.32. The zero-order valence-corrected chi connectivity index (χ0v) is 13.0. The monoisotopic (exact) mass is 350 g/mol. The lowest BCUT2D eigenvalue weighted by molar-refractivity contribution is 0.257. The first-order valence-electron chi connectivity index (χ1n) is 5.39. The lowest BCUT2D eigenvalue weighted by atomic mass is 9.76. The highest BCUT2D eigenvalue weighted by molar-refractivity contribution is 9.10. The maximum absolute atomic E-state index is 13.4.